The van der Waals surface area contributed by atoms with Crippen LogP contribution in [0.4, 0.5) is 4.39 Å². The molecule has 2 N–H and O–H groups in total. The van der Waals surface area contributed by atoms with Gasteiger partial charge in [-0.2, -0.15) is 0 Å². The molecule has 0 amide bonds. The molecule has 0 aliphatic carbocycles. The summed E-state index contributed by atoms with van der Waals surface area (Å²) >= 11 is 0. The van der Waals surface area contributed by atoms with E-state index in [1.807, 2.05) is 6.07 Å². The van der Waals surface area contributed by atoms with Crippen LogP contribution in [0, 0.1) is 11.2 Å². The summed E-state index contributed by atoms with van der Waals surface area (Å²) < 4.78 is 13.2. The summed E-state index contributed by atoms with van der Waals surface area (Å²) in [5.74, 6) is -0.201. The van der Waals surface area contributed by atoms with Crippen LogP contribution >= 0.6 is 0 Å². The summed E-state index contributed by atoms with van der Waals surface area (Å²) in [5.41, 5.74) is 7.66. The molecule has 1 unspecified atom stereocenters. The first-order valence-electron chi connectivity index (χ1n) is 7.82. The Morgan fingerprint density at radius 2 is 1.90 bits per heavy atom. The Morgan fingerprint density at radius 1 is 1.25 bits per heavy atom. The number of piperidine rings is 1. The number of nitrogens with two attached hydrogens (primary N) is 1. The van der Waals surface area contributed by atoms with E-state index >= 15 is 0 Å². The summed E-state index contributed by atoms with van der Waals surface area (Å²) in [6.07, 6.45) is 5.06. The van der Waals surface area contributed by atoms with Crippen molar-refractivity contribution in [1.82, 2.24) is 4.90 Å². The summed E-state index contributed by atoms with van der Waals surface area (Å²) in [6.45, 7) is 7.66. The summed E-state index contributed by atoms with van der Waals surface area (Å²) in [5, 5.41) is 0. The molecule has 0 radical (unpaired) electrons. The molecule has 0 aromatic heterocycles. The van der Waals surface area contributed by atoms with Crippen LogP contribution in [-0.2, 0) is 0 Å². The predicted molar refractivity (Wildman–Crippen MR) is 82.0 cm³/mol. The van der Waals surface area contributed by atoms with Crippen LogP contribution in [0.25, 0.3) is 0 Å². The van der Waals surface area contributed by atoms with Crippen LogP contribution in [0.2, 0.25) is 0 Å². The largest absolute Gasteiger partial charge is 0.323 e. The molecule has 0 saturated carbocycles. The second-order valence-electron chi connectivity index (χ2n) is 6.17. The molecule has 0 bridgehead atoms. The molecule has 1 heterocycles. The summed E-state index contributed by atoms with van der Waals surface area (Å²) in [7, 11) is 0. The summed E-state index contributed by atoms with van der Waals surface area (Å²) in [6, 6.07) is 6.58. The summed E-state index contributed by atoms with van der Waals surface area (Å²) in [4.78, 5) is 2.43. The van der Waals surface area contributed by atoms with Crippen LogP contribution in [0.5, 0.6) is 0 Å². The van der Waals surface area contributed by atoms with Crippen molar-refractivity contribution in [3.05, 3.63) is 35.6 Å². The van der Waals surface area contributed by atoms with E-state index in [1.54, 1.807) is 12.1 Å². The predicted octanol–water partition coefficient (Wildman–Crippen LogP) is 3.73. The second kappa shape index (κ2) is 6.68. The first-order chi connectivity index (χ1) is 9.58. The van der Waals surface area contributed by atoms with Gasteiger partial charge >= 0.3 is 0 Å². The SMILES string of the molecule is CCC1(CC)CCN(CC(N)c2cccc(F)c2)CC1. The fourth-order valence-corrected chi connectivity index (χ4v) is 3.29. The average molecular weight is 278 g/mol. The molecule has 112 valence electrons. The topological polar surface area (TPSA) is 29.3 Å². The molecule has 2 nitrogen and oxygen atoms in total. The van der Waals surface area contributed by atoms with Gasteiger partial charge in [0.25, 0.3) is 0 Å². The Kier molecular flexibility index (Phi) is 5.17. The van der Waals surface area contributed by atoms with E-state index in [1.165, 1.54) is 31.7 Å². The Hall–Kier alpha value is -0.930. The van der Waals surface area contributed by atoms with Crippen molar-refractivity contribution >= 4 is 0 Å². The minimum atomic E-state index is -0.201. The zero-order valence-corrected chi connectivity index (χ0v) is 12.7. The van der Waals surface area contributed by atoms with Crippen molar-refractivity contribution in [1.29, 1.82) is 0 Å². The van der Waals surface area contributed by atoms with Crippen LogP contribution in [0.3, 0.4) is 0 Å². The molecule has 20 heavy (non-hydrogen) atoms. The number of hydrogen-bond acceptors (Lipinski definition) is 2. The number of nitrogens with zero attached hydrogens (tertiary/aromatic N) is 1. The maximum Gasteiger partial charge on any atom is 0.123 e. The monoisotopic (exact) mass is 278 g/mol. The Balaban J connectivity index is 1.89. The highest BCUT2D eigenvalue weighted by Gasteiger charge is 2.31. The molecule has 1 aliphatic rings. The Bertz CT molecular complexity index is 419. The average Bonchev–Trinajstić information content (AvgIpc) is 2.48. The lowest BCUT2D eigenvalue weighted by Gasteiger charge is -2.41. The maximum atomic E-state index is 13.2. The minimum Gasteiger partial charge on any atom is -0.323 e. The fourth-order valence-electron chi connectivity index (χ4n) is 3.29. The normalized spacial score (nSPS) is 20.8. The molecule has 1 aromatic rings. The molecule has 0 spiro atoms. The van der Waals surface area contributed by atoms with Crippen molar-refractivity contribution in [2.24, 2.45) is 11.1 Å². The van der Waals surface area contributed by atoms with Crippen molar-refractivity contribution in [2.75, 3.05) is 19.6 Å². The van der Waals surface area contributed by atoms with Crippen molar-refractivity contribution in [3.8, 4) is 0 Å². The van der Waals surface area contributed by atoms with Gasteiger partial charge in [-0.05, 0) is 49.0 Å². The van der Waals surface area contributed by atoms with Crippen LogP contribution in [-0.4, -0.2) is 24.5 Å². The molecule has 1 aliphatic heterocycles. The second-order valence-corrected chi connectivity index (χ2v) is 6.17. The smallest absolute Gasteiger partial charge is 0.123 e. The highest BCUT2D eigenvalue weighted by molar-refractivity contribution is 5.20. The number of likely N-dealkylation sites (tertiary alicyclic amines) is 1. The lowest BCUT2D eigenvalue weighted by atomic mass is 9.74. The van der Waals surface area contributed by atoms with E-state index < -0.39 is 0 Å². The zero-order chi connectivity index (χ0) is 14.6. The minimum absolute atomic E-state index is 0.0959. The van der Waals surface area contributed by atoms with Gasteiger partial charge < -0.3 is 10.6 Å². The van der Waals surface area contributed by atoms with Gasteiger partial charge in [0.2, 0.25) is 0 Å². The van der Waals surface area contributed by atoms with E-state index in [9.17, 15) is 4.39 Å². The lowest BCUT2D eigenvalue weighted by molar-refractivity contribution is 0.0914. The van der Waals surface area contributed by atoms with E-state index in [4.69, 9.17) is 5.73 Å². The van der Waals surface area contributed by atoms with Gasteiger partial charge in [-0.15, -0.1) is 0 Å². The van der Waals surface area contributed by atoms with Crippen molar-refractivity contribution < 1.29 is 4.39 Å². The molecule has 1 fully saturated rings. The van der Waals surface area contributed by atoms with Crippen molar-refractivity contribution in [2.45, 2.75) is 45.6 Å². The van der Waals surface area contributed by atoms with Gasteiger partial charge in [-0.1, -0.05) is 38.8 Å². The Labute approximate surface area is 122 Å². The van der Waals surface area contributed by atoms with Gasteiger partial charge in [0, 0.05) is 12.6 Å². The highest BCUT2D eigenvalue weighted by atomic mass is 19.1. The standard InChI is InChI=1S/C17H27FN2/c1-3-17(4-2)8-10-20(11-9-17)13-16(19)14-6-5-7-15(18)12-14/h5-7,12,16H,3-4,8-11,13,19H2,1-2H3. The van der Waals surface area contributed by atoms with Crippen LogP contribution < -0.4 is 5.73 Å². The fraction of sp³-hybridized carbons (Fsp3) is 0.647. The van der Waals surface area contributed by atoms with Gasteiger partial charge in [0.1, 0.15) is 5.82 Å². The first kappa shape index (κ1) is 15.5. The van der Waals surface area contributed by atoms with Gasteiger partial charge in [0.15, 0.2) is 0 Å². The molecular formula is C17H27FN2. The van der Waals surface area contributed by atoms with Gasteiger partial charge in [0.05, 0.1) is 0 Å². The van der Waals surface area contributed by atoms with E-state index in [-0.39, 0.29) is 11.9 Å². The molecule has 2 rings (SSSR count). The third kappa shape index (κ3) is 3.58. The third-order valence-electron chi connectivity index (χ3n) is 5.15. The lowest BCUT2D eigenvalue weighted by Crippen LogP contribution is -2.42. The van der Waals surface area contributed by atoms with E-state index in [0.717, 1.165) is 25.2 Å². The number of rotatable bonds is 5. The van der Waals surface area contributed by atoms with E-state index in [2.05, 4.69) is 18.7 Å². The highest BCUT2D eigenvalue weighted by Crippen LogP contribution is 2.38. The number of hydrogen-bond donors (Lipinski definition) is 1. The quantitative estimate of drug-likeness (QED) is 0.889. The maximum absolute atomic E-state index is 13.2. The van der Waals surface area contributed by atoms with Gasteiger partial charge in [-0.25, -0.2) is 4.39 Å². The zero-order valence-electron chi connectivity index (χ0n) is 12.7. The molecule has 1 aromatic carbocycles. The molecular weight excluding hydrogens is 251 g/mol. The number of halogens is 1. The first-order valence-corrected chi connectivity index (χ1v) is 7.82. The van der Waals surface area contributed by atoms with Crippen LogP contribution in [0.15, 0.2) is 24.3 Å². The Morgan fingerprint density at radius 3 is 2.45 bits per heavy atom. The van der Waals surface area contributed by atoms with E-state index in [0.29, 0.717) is 5.41 Å². The molecule has 3 heteroatoms. The van der Waals surface area contributed by atoms with Crippen molar-refractivity contribution in [3.63, 3.8) is 0 Å². The van der Waals surface area contributed by atoms with Gasteiger partial charge in [-0.3, -0.25) is 0 Å². The van der Waals surface area contributed by atoms with Crippen LogP contribution in [0.1, 0.15) is 51.1 Å². The third-order valence-corrected chi connectivity index (χ3v) is 5.15. The molecule has 1 atom stereocenters. The molecule has 1 saturated heterocycles. The number of benzene rings is 1.